The zero-order chi connectivity index (χ0) is 20.0. The molecule has 2 atom stereocenters. The number of thiazole rings is 1. The molecule has 0 unspecified atom stereocenters. The molecule has 7 nitrogen and oxygen atoms in total. The fourth-order valence-electron chi connectivity index (χ4n) is 4.77. The van der Waals surface area contributed by atoms with Gasteiger partial charge in [0.2, 0.25) is 0 Å². The van der Waals surface area contributed by atoms with Gasteiger partial charge < -0.3 is 4.90 Å². The van der Waals surface area contributed by atoms with Gasteiger partial charge >= 0.3 is 0 Å². The molecule has 0 aliphatic carbocycles. The first-order valence-electron chi connectivity index (χ1n) is 9.90. The standard InChI is InChI=1S/C21H24N6OS/c1-14-18(29-13-22-14)10-26-8-17-9-27(19(28)16-6-4-3-5-7-16)12-21(17,11-26)20-23-15(2)24-25-20/h3-7,13,17H,8-12H2,1-2H3,(H,23,24,25)/t17-,21-/m1/s1. The van der Waals surface area contributed by atoms with Gasteiger partial charge in [-0.2, -0.15) is 5.10 Å². The van der Waals surface area contributed by atoms with Crippen molar-refractivity contribution in [2.45, 2.75) is 25.8 Å². The van der Waals surface area contributed by atoms with Gasteiger partial charge in [0.15, 0.2) is 5.82 Å². The number of amides is 1. The monoisotopic (exact) mass is 408 g/mol. The number of H-pyrrole nitrogens is 1. The molecule has 2 fully saturated rings. The second-order valence-electron chi connectivity index (χ2n) is 8.18. The van der Waals surface area contributed by atoms with Crippen LogP contribution < -0.4 is 0 Å². The lowest BCUT2D eigenvalue weighted by Crippen LogP contribution is -2.40. The highest BCUT2D eigenvalue weighted by atomic mass is 32.1. The summed E-state index contributed by atoms with van der Waals surface area (Å²) in [4.78, 5) is 28.0. The van der Waals surface area contributed by atoms with Crippen molar-refractivity contribution < 1.29 is 4.79 Å². The van der Waals surface area contributed by atoms with E-state index in [0.29, 0.717) is 12.5 Å². The highest BCUT2D eigenvalue weighted by Gasteiger charge is 2.56. The van der Waals surface area contributed by atoms with Crippen LogP contribution in [-0.4, -0.2) is 62.1 Å². The Balaban J connectivity index is 1.42. The maximum atomic E-state index is 13.1. The van der Waals surface area contributed by atoms with Crippen LogP contribution in [0.15, 0.2) is 35.8 Å². The van der Waals surface area contributed by atoms with Gasteiger partial charge in [0.05, 0.1) is 16.6 Å². The number of nitrogens with one attached hydrogen (secondary N) is 1. The summed E-state index contributed by atoms with van der Waals surface area (Å²) in [6, 6.07) is 9.54. The number of rotatable bonds is 4. The number of carbonyl (C=O) groups is 1. The van der Waals surface area contributed by atoms with E-state index in [1.165, 1.54) is 4.88 Å². The summed E-state index contributed by atoms with van der Waals surface area (Å²) in [6.45, 7) is 8.06. The Labute approximate surface area is 173 Å². The molecule has 0 bridgehead atoms. The van der Waals surface area contributed by atoms with Crippen LogP contribution in [0.4, 0.5) is 0 Å². The van der Waals surface area contributed by atoms with Gasteiger partial charge in [0.25, 0.3) is 5.91 Å². The number of hydrogen-bond donors (Lipinski definition) is 1. The second-order valence-corrected chi connectivity index (χ2v) is 9.12. The molecular formula is C21H24N6OS. The lowest BCUT2D eigenvalue weighted by molar-refractivity contribution is 0.0769. The Morgan fingerprint density at radius 3 is 2.76 bits per heavy atom. The number of aromatic nitrogens is 4. The van der Waals surface area contributed by atoms with Crippen molar-refractivity contribution in [3.05, 3.63) is 63.6 Å². The predicted molar refractivity (Wildman–Crippen MR) is 111 cm³/mol. The van der Waals surface area contributed by atoms with Crippen molar-refractivity contribution in [2.75, 3.05) is 26.2 Å². The summed E-state index contributed by atoms with van der Waals surface area (Å²) in [5.74, 6) is 2.07. The van der Waals surface area contributed by atoms with Gasteiger partial charge in [0, 0.05) is 49.1 Å². The molecule has 4 heterocycles. The van der Waals surface area contributed by atoms with E-state index in [1.807, 2.05) is 47.7 Å². The molecule has 2 aromatic heterocycles. The number of likely N-dealkylation sites (tertiary alicyclic amines) is 2. The molecule has 8 heteroatoms. The average molecular weight is 409 g/mol. The van der Waals surface area contributed by atoms with Gasteiger partial charge in [-0.25, -0.2) is 9.97 Å². The number of carbonyl (C=O) groups excluding carboxylic acids is 1. The maximum Gasteiger partial charge on any atom is 0.253 e. The van der Waals surface area contributed by atoms with Crippen LogP contribution >= 0.6 is 11.3 Å². The number of fused-ring (bicyclic) bond motifs is 1. The van der Waals surface area contributed by atoms with Gasteiger partial charge in [-0.05, 0) is 26.0 Å². The van der Waals surface area contributed by atoms with Crippen molar-refractivity contribution in [1.82, 2.24) is 30.0 Å². The highest BCUT2D eigenvalue weighted by Crippen LogP contribution is 2.44. The highest BCUT2D eigenvalue weighted by molar-refractivity contribution is 7.09. The zero-order valence-corrected chi connectivity index (χ0v) is 17.4. The zero-order valence-electron chi connectivity index (χ0n) is 16.6. The number of aryl methyl sites for hydroxylation is 2. The minimum absolute atomic E-state index is 0.0940. The topological polar surface area (TPSA) is 78.0 Å². The number of nitrogens with zero attached hydrogens (tertiary/aromatic N) is 5. The SMILES string of the molecule is Cc1nc([C@@]23CN(Cc4scnc4C)C[C@@H]2CN(C(=O)c2ccccc2)C3)n[nH]1. The van der Waals surface area contributed by atoms with Crippen LogP contribution in [0.5, 0.6) is 0 Å². The number of aromatic amines is 1. The van der Waals surface area contributed by atoms with E-state index >= 15 is 0 Å². The first-order chi connectivity index (χ1) is 14.0. The molecule has 2 saturated heterocycles. The summed E-state index contributed by atoms with van der Waals surface area (Å²) in [5.41, 5.74) is 3.53. The molecule has 1 N–H and O–H groups in total. The lowest BCUT2D eigenvalue weighted by atomic mass is 9.80. The molecule has 3 aromatic rings. The molecule has 2 aliphatic rings. The van der Waals surface area contributed by atoms with E-state index in [0.717, 1.165) is 49.1 Å². The van der Waals surface area contributed by atoms with E-state index in [2.05, 4.69) is 27.0 Å². The Morgan fingerprint density at radius 2 is 2.07 bits per heavy atom. The van der Waals surface area contributed by atoms with E-state index < -0.39 is 0 Å². The summed E-state index contributed by atoms with van der Waals surface area (Å²) < 4.78 is 0. The normalized spacial score (nSPS) is 24.2. The smallest absolute Gasteiger partial charge is 0.253 e. The Bertz CT molecular complexity index is 1030. The molecule has 29 heavy (non-hydrogen) atoms. The first kappa shape index (κ1) is 18.4. The Morgan fingerprint density at radius 1 is 1.24 bits per heavy atom. The van der Waals surface area contributed by atoms with E-state index in [4.69, 9.17) is 4.98 Å². The fourth-order valence-corrected chi connectivity index (χ4v) is 5.59. The third-order valence-corrected chi connectivity index (χ3v) is 7.16. The average Bonchev–Trinajstić information content (AvgIpc) is 3.47. The molecule has 150 valence electrons. The predicted octanol–water partition coefficient (Wildman–Crippen LogP) is 2.40. The minimum Gasteiger partial charge on any atom is -0.337 e. The molecule has 0 saturated carbocycles. The van der Waals surface area contributed by atoms with Gasteiger partial charge in [-0.15, -0.1) is 11.3 Å². The molecule has 1 aromatic carbocycles. The van der Waals surface area contributed by atoms with Crippen LogP contribution in [0.1, 0.15) is 32.6 Å². The maximum absolute atomic E-state index is 13.1. The first-order valence-corrected chi connectivity index (χ1v) is 10.8. The summed E-state index contributed by atoms with van der Waals surface area (Å²) in [5, 5.41) is 7.54. The second kappa shape index (κ2) is 7.03. The van der Waals surface area contributed by atoms with Gasteiger partial charge in [-0.3, -0.25) is 14.8 Å². The van der Waals surface area contributed by atoms with Crippen molar-refractivity contribution in [3.8, 4) is 0 Å². The molecular weight excluding hydrogens is 384 g/mol. The lowest BCUT2D eigenvalue weighted by Gasteiger charge is -2.27. The number of benzene rings is 1. The van der Waals surface area contributed by atoms with E-state index in [1.54, 1.807) is 11.3 Å². The largest absolute Gasteiger partial charge is 0.337 e. The molecule has 0 radical (unpaired) electrons. The van der Waals surface area contributed by atoms with Crippen molar-refractivity contribution in [3.63, 3.8) is 0 Å². The Kier molecular flexibility index (Phi) is 4.48. The van der Waals surface area contributed by atoms with Gasteiger partial charge in [0.1, 0.15) is 5.82 Å². The molecule has 2 aliphatic heterocycles. The minimum atomic E-state index is -0.228. The fraction of sp³-hybridized carbons (Fsp3) is 0.429. The van der Waals surface area contributed by atoms with Crippen LogP contribution in [-0.2, 0) is 12.0 Å². The van der Waals surface area contributed by atoms with Crippen molar-refractivity contribution >= 4 is 17.2 Å². The van der Waals surface area contributed by atoms with Gasteiger partial charge in [-0.1, -0.05) is 18.2 Å². The van der Waals surface area contributed by atoms with Crippen molar-refractivity contribution in [2.24, 2.45) is 5.92 Å². The summed E-state index contributed by atoms with van der Waals surface area (Å²) in [6.07, 6.45) is 0. The van der Waals surface area contributed by atoms with Crippen LogP contribution in [0.2, 0.25) is 0 Å². The van der Waals surface area contributed by atoms with Crippen LogP contribution in [0.25, 0.3) is 0 Å². The van der Waals surface area contributed by atoms with Crippen LogP contribution in [0, 0.1) is 19.8 Å². The van der Waals surface area contributed by atoms with Crippen LogP contribution in [0.3, 0.4) is 0 Å². The molecule has 1 amide bonds. The van der Waals surface area contributed by atoms with E-state index in [-0.39, 0.29) is 11.3 Å². The molecule has 5 rings (SSSR count). The van der Waals surface area contributed by atoms with E-state index in [9.17, 15) is 4.79 Å². The summed E-state index contributed by atoms with van der Waals surface area (Å²) >= 11 is 1.71. The Hall–Kier alpha value is -2.58. The summed E-state index contributed by atoms with van der Waals surface area (Å²) in [7, 11) is 0. The molecule has 0 spiro atoms. The third kappa shape index (κ3) is 3.16. The van der Waals surface area contributed by atoms with Crippen molar-refractivity contribution in [1.29, 1.82) is 0 Å². The number of hydrogen-bond acceptors (Lipinski definition) is 6. The quantitative estimate of drug-likeness (QED) is 0.717. The third-order valence-electron chi connectivity index (χ3n) is 6.24.